The zero-order valence-electron chi connectivity index (χ0n) is 18.9. The molecule has 0 aliphatic carbocycles. The van der Waals surface area contributed by atoms with Crippen molar-refractivity contribution >= 4 is 28.4 Å². The molecular weight excluding hydrogens is 454 g/mol. The Bertz CT molecular complexity index is 1500. The number of rotatable bonds is 4. The van der Waals surface area contributed by atoms with E-state index in [4.69, 9.17) is 11.6 Å². The molecular formula is C24H24ClN7O2+2. The second-order valence-electron chi connectivity index (χ2n) is 8.32. The van der Waals surface area contributed by atoms with Gasteiger partial charge in [-0.25, -0.2) is 19.7 Å². The maximum absolute atomic E-state index is 13.7. The molecule has 1 amide bonds. The summed E-state index contributed by atoms with van der Waals surface area (Å²) in [6.45, 7) is 4.24. The van der Waals surface area contributed by atoms with Crippen molar-refractivity contribution < 1.29 is 21.4 Å². The van der Waals surface area contributed by atoms with Gasteiger partial charge in [-0.2, -0.15) is 4.57 Å². The van der Waals surface area contributed by atoms with Crippen LogP contribution in [0, 0.1) is 18.5 Å². The Labute approximate surface area is 200 Å². The van der Waals surface area contributed by atoms with Crippen molar-refractivity contribution in [2.75, 3.05) is 24.3 Å². The van der Waals surface area contributed by atoms with Crippen molar-refractivity contribution in [2.24, 2.45) is 0 Å². The molecule has 9 nitrogen and oxygen atoms in total. The van der Waals surface area contributed by atoms with Gasteiger partial charge in [-0.3, -0.25) is 4.79 Å². The van der Waals surface area contributed by atoms with Gasteiger partial charge >= 0.3 is 5.56 Å². The van der Waals surface area contributed by atoms with Crippen molar-refractivity contribution in [1.29, 1.82) is 0 Å². The summed E-state index contributed by atoms with van der Waals surface area (Å²) in [4.78, 5) is 40.0. The molecule has 2 aromatic carbocycles. The lowest BCUT2D eigenvalue weighted by atomic mass is 10.1. The van der Waals surface area contributed by atoms with Gasteiger partial charge in [0.2, 0.25) is 5.02 Å². The highest BCUT2D eigenvalue weighted by atomic mass is 35.5. The Morgan fingerprint density at radius 1 is 1.18 bits per heavy atom. The highest BCUT2D eigenvalue weighted by Crippen LogP contribution is 2.28. The summed E-state index contributed by atoms with van der Waals surface area (Å²) in [7, 11) is 1.71. The second kappa shape index (κ2) is 8.42. The van der Waals surface area contributed by atoms with Crippen molar-refractivity contribution in [3.8, 4) is 5.69 Å². The average Bonchev–Trinajstić information content (AvgIpc) is 2.81. The lowest BCUT2D eigenvalue weighted by Crippen LogP contribution is -2.39. The van der Waals surface area contributed by atoms with Gasteiger partial charge in [-0.15, -0.1) is 0 Å². The summed E-state index contributed by atoms with van der Waals surface area (Å²) >= 11 is 5.47. The van der Waals surface area contributed by atoms with Crippen LogP contribution < -0.4 is 21.2 Å². The third-order valence-electron chi connectivity index (χ3n) is 5.86. The van der Waals surface area contributed by atoms with Crippen LogP contribution in [0.5, 0.6) is 0 Å². The first-order valence-corrected chi connectivity index (χ1v) is 11.2. The molecule has 0 radical (unpaired) electrons. The van der Waals surface area contributed by atoms with Gasteiger partial charge < -0.3 is 15.5 Å². The van der Waals surface area contributed by atoms with E-state index in [2.05, 4.69) is 25.6 Å². The van der Waals surface area contributed by atoms with E-state index in [1.54, 1.807) is 22.6 Å². The number of aromatic nitrogens is 4. The molecule has 34 heavy (non-hydrogen) atoms. The number of H-pyrrole nitrogens is 1. The van der Waals surface area contributed by atoms with Gasteiger partial charge in [0, 0.05) is 13.1 Å². The molecule has 0 saturated heterocycles. The van der Waals surface area contributed by atoms with E-state index in [1.807, 2.05) is 50.2 Å². The number of carbonyl (C=O) groups excluding carboxylic acids is 1. The van der Waals surface area contributed by atoms with E-state index in [0.717, 1.165) is 5.56 Å². The molecule has 0 saturated carbocycles. The molecule has 0 fully saturated rings. The predicted molar refractivity (Wildman–Crippen MR) is 126 cm³/mol. The number of anilines is 2. The van der Waals surface area contributed by atoms with Gasteiger partial charge in [0.05, 0.1) is 6.67 Å². The van der Waals surface area contributed by atoms with Crippen LogP contribution in [0.25, 0.3) is 16.6 Å². The summed E-state index contributed by atoms with van der Waals surface area (Å²) in [5, 5.41) is 7.37. The zero-order valence-corrected chi connectivity index (χ0v) is 19.7. The molecule has 3 heterocycles. The van der Waals surface area contributed by atoms with Crippen molar-refractivity contribution in [3.63, 3.8) is 0 Å². The maximum atomic E-state index is 13.7. The van der Waals surface area contributed by atoms with Crippen LogP contribution >= 0.6 is 0 Å². The third-order valence-corrected chi connectivity index (χ3v) is 6.20. The van der Waals surface area contributed by atoms with E-state index >= 15 is 0 Å². The average molecular weight is 478 g/mol. The summed E-state index contributed by atoms with van der Waals surface area (Å²) < 4.78 is 1.63. The molecule has 5 rings (SSSR count). The van der Waals surface area contributed by atoms with E-state index < -0.39 is 6.04 Å². The highest BCUT2D eigenvalue weighted by molar-refractivity contribution is 6.04. The number of hydrogen-bond donors (Lipinski definition) is 2. The maximum Gasteiger partial charge on any atom is 0.356 e. The van der Waals surface area contributed by atoms with Crippen LogP contribution in [0.4, 0.5) is 11.6 Å². The smallest absolute Gasteiger partial charge is 0.356 e. The molecule has 4 aromatic rings. The number of nitrogens with zero attached hydrogens (tertiary/aromatic N) is 4. The summed E-state index contributed by atoms with van der Waals surface area (Å²) in [5.41, 5.74) is 2.53. The minimum Gasteiger partial charge on any atom is -0.356 e. The van der Waals surface area contributed by atoms with Crippen molar-refractivity contribution in [3.05, 3.63) is 81.1 Å². The molecule has 1 aliphatic heterocycles. The molecule has 0 unspecified atom stereocenters. The molecule has 2 aromatic heterocycles. The molecule has 1 atom stereocenters. The number of aromatic amines is 1. The van der Waals surface area contributed by atoms with Crippen LogP contribution in [-0.4, -0.2) is 39.1 Å². The van der Waals surface area contributed by atoms with E-state index in [1.165, 1.54) is 6.33 Å². The quantitative estimate of drug-likeness (QED) is 0.467. The normalized spacial score (nSPS) is 14.0. The number of benzene rings is 2. The molecule has 10 heteroatoms. The van der Waals surface area contributed by atoms with Gasteiger partial charge in [0.1, 0.15) is 40.8 Å². The number of nitrogens with one attached hydrogen (secondary N) is 3. The molecule has 0 bridgehead atoms. The first kappa shape index (κ1) is 21.8. The van der Waals surface area contributed by atoms with E-state index in [0.29, 0.717) is 51.3 Å². The SMILES string of the molecule is Cc1cccc(-n2c([C@H](C)Nc3ncnc4c3C(=O)N(C)CN4)[nH+]c3cccc([ClH+])c3c2=O)c1. The van der Waals surface area contributed by atoms with Crippen LogP contribution in [0.3, 0.4) is 0 Å². The highest BCUT2D eigenvalue weighted by Gasteiger charge is 2.31. The number of carbonyl (C=O) groups is 1. The molecule has 0 spiro atoms. The van der Waals surface area contributed by atoms with Crippen molar-refractivity contribution in [1.82, 2.24) is 19.4 Å². The Kier molecular flexibility index (Phi) is 5.41. The monoisotopic (exact) mass is 477 g/mol. The first-order valence-electron chi connectivity index (χ1n) is 10.8. The Morgan fingerprint density at radius 2 is 1.97 bits per heavy atom. The minimum absolute atomic E-state index is 0.182. The van der Waals surface area contributed by atoms with E-state index in [9.17, 15) is 9.59 Å². The fourth-order valence-electron chi connectivity index (χ4n) is 4.16. The predicted octanol–water partition coefficient (Wildman–Crippen LogP) is 2.23. The molecule has 1 aliphatic rings. The van der Waals surface area contributed by atoms with Gasteiger partial charge in [-0.05, 0) is 37.6 Å². The topological polar surface area (TPSA) is 106 Å². The first-order chi connectivity index (χ1) is 16.3. The second-order valence-corrected chi connectivity index (χ2v) is 8.76. The Balaban J connectivity index is 1.68. The van der Waals surface area contributed by atoms with Gasteiger partial charge in [0.15, 0.2) is 17.0 Å². The number of amides is 1. The van der Waals surface area contributed by atoms with Crippen LogP contribution in [0.15, 0.2) is 53.6 Å². The fourth-order valence-corrected chi connectivity index (χ4v) is 4.43. The summed E-state index contributed by atoms with van der Waals surface area (Å²) in [6, 6.07) is 12.7. The number of aryl methyl sites for hydroxylation is 1. The van der Waals surface area contributed by atoms with Gasteiger partial charge in [-0.1, -0.05) is 18.2 Å². The standard InChI is InChI=1S/C24H22ClN7O2/c1-13-6-4-7-15(10-13)32-22(30-17-9-5-8-16(25)18(17)24(32)34)14(2)29-21-19-20(26-11-27-21)28-12-31(3)23(19)33/h4-11,14,25H,12H2,1-3H3,(H-,26,27,28,29,33)/p+2/t14-/m0/s1. The lowest BCUT2D eigenvalue weighted by molar-refractivity contribution is -0.368. The zero-order chi connectivity index (χ0) is 24.0. The fraction of sp³-hybridized carbons (Fsp3) is 0.208. The molecule has 172 valence electrons. The molecule has 3 N–H and O–H groups in total. The summed E-state index contributed by atoms with van der Waals surface area (Å²) in [6.07, 6.45) is 1.40. The van der Waals surface area contributed by atoms with Crippen molar-refractivity contribution in [2.45, 2.75) is 19.9 Å². The van der Waals surface area contributed by atoms with Crippen LogP contribution in [-0.2, 0) is 0 Å². The third kappa shape index (κ3) is 3.63. The van der Waals surface area contributed by atoms with Crippen LogP contribution in [0.2, 0.25) is 5.02 Å². The largest absolute Gasteiger partial charge is 0.356 e. The van der Waals surface area contributed by atoms with Crippen LogP contribution in [0.1, 0.15) is 34.7 Å². The Hall–Kier alpha value is -3.98. The number of fused-ring (bicyclic) bond motifs is 2. The van der Waals surface area contributed by atoms with Gasteiger partial charge in [0.25, 0.3) is 11.7 Å². The minimum atomic E-state index is -0.426. The Morgan fingerprint density at radius 3 is 2.76 bits per heavy atom. The van der Waals surface area contributed by atoms with E-state index in [-0.39, 0.29) is 11.5 Å². The number of hydrogen-bond acceptors (Lipinski definition) is 6. The lowest BCUT2D eigenvalue weighted by Gasteiger charge is -2.27. The number of halogens is 1. The summed E-state index contributed by atoms with van der Waals surface area (Å²) in [5.74, 6) is 1.27.